The van der Waals surface area contributed by atoms with Crippen LogP contribution in [-0.4, -0.2) is 57.2 Å². The third kappa shape index (κ3) is 5.18. The Kier molecular flexibility index (Phi) is 6.86. The Morgan fingerprint density at radius 1 is 1.11 bits per heavy atom. The molecule has 0 unspecified atom stereocenters. The first-order valence-corrected chi connectivity index (χ1v) is 12.4. The molecule has 9 nitrogen and oxygen atoms in total. The number of ether oxygens (including phenoxy) is 1. The zero-order chi connectivity index (χ0) is 25.2. The summed E-state index contributed by atoms with van der Waals surface area (Å²) >= 11 is 0. The number of rotatable bonds is 8. The summed E-state index contributed by atoms with van der Waals surface area (Å²) in [7, 11) is 0. The summed E-state index contributed by atoms with van der Waals surface area (Å²) in [6.45, 7) is 1.83. The van der Waals surface area contributed by atoms with Crippen LogP contribution in [0, 0.1) is 18.7 Å². The van der Waals surface area contributed by atoms with Crippen molar-refractivity contribution in [2.24, 2.45) is 5.92 Å². The van der Waals surface area contributed by atoms with Crippen molar-refractivity contribution in [1.29, 1.82) is 0 Å². The minimum Gasteiger partial charge on any atom is -0.492 e. The van der Waals surface area contributed by atoms with Crippen molar-refractivity contribution in [3.8, 4) is 17.0 Å². The predicted octanol–water partition coefficient (Wildman–Crippen LogP) is 3.01. The van der Waals surface area contributed by atoms with Crippen molar-refractivity contribution < 1.29 is 23.8 Å². The number of benzene rings is 1. The van der Waals surface area contributed by atoms with E-state index >= 15 is 0 Å². The van der Waals surface area contributed by atoms with Crippen LogP contribution in [0.25, 0.3) is 22.3 Å². The van der Waals surface area contributed by atoms with Gasteiger partial charge in [-0.15, -0.1) is 0 Å². The maximum absolute atomic E-state index is 14.0. The second-order valence-electron chi connectivity index (χ2n) is 9.71. The molecule has 0 saturated heterocycles. The van der Waals surface area contributed by atoms with Crippen LogP contribution in [0.3, 0.4) is 0 Å². The van der Waals surface area contributed by atoms with E-state index in [4.69, 9.17) is 9.84 Å². The molecule has 2 saturated carbocycles. The Morgan fingerprint density at radius 3 is 2.53 bits per heavy atom. The number of aromatic nitrogens is 3. The fourth-order valence-electron chi connectivity index (χ4n) is 4.82. The standard InChI is InChI=1S/C26H30FN5O4/c1-14-22(26(35)32-18-7-5-17(6-8-18)31-21(34)11-33)24-25(30-14)23(28-13-29-24)19-9-4-16(27)10-20(19)36-12-15-2-3-15/h4,9-10,13,15,17-18,30,33H,2-3,5-8,11-12H2,1H3,(H,31,34)(H,32,35)/t17-,18-. The molecule has 3 aromatic rings. The molecule has 2 aromatic heterocycles. The maximum Gasteiger partial charge on any atom is 0.255 e. The number of carbonyl (C=O) groups is 2. The zero-order valence-electron chi connectivity index (χ0n) is 20.1. The smallest absolute Gasteiger partial charge is 0.255 e. The first kappa shape index (κ1) is 24.2. The molecule has 5 rings (SSSR count). The van der Waals surface area contributed by atoms with Crippen LogP contribution in [0.4, 0.5) is 4.39 Å². The lowest BCUT2D eigenvalue weighted by Gasteiger charge is -2.29. The van der Waals surface area contributed by atoms with Gasteiger partial charge in [-0.25, -0.2) is 14.4 Å². The van der Waals surface area contributed by atoms with Gasteiger partial charge in [-0.1, -0.05) is 0 Å². The van der Waals surface area contributed by atoms with Crippen molar-refractivity contribution in [2.75, 3.05) is 13.2 Å². The van der Waals surface area contributed by atoms with Crippen LogP contribution in [0.15, 0.2) is 24.5 Å². The Hall–Kier alpha value is -3.53. The van der Waals surface area contributed by atoms with Crippen LogP contribution in [0.1, 0.15) is 54.6 Å². The summed E-state index contributed by atoms with van der Waals surface area (Å²) in [5, 5.41) is 14.8. The fourth-order valence-corrected chi connectivity index (χ4v) is 4.82. The molecule has 36 heavy (non-hydrogen) atoms. The first-order valence-electron chi connectivity index (χ1n) is 12.4. The van der Waals surface area contributed by atoms with Gasteiger partial charge in [0, 0.05) is 29.4 Å². The molecule has 1 aromatic carbocycles. The van der Waals surface area contributed by atoms with Gasteiger partial charge in [-0.3, -0.25) is 9.59 Å². The molecule has 0 aliphatic heterocycles. The maximum atomic E-state index is 14.0. The number of nitrogens with zero attached hydrogens (tertiary/aromatic N) is 2. The highest BCUT2D eigenvalue weighted by molar-refractivity contribution is 6.09. The van der Waals surface area contributed by atoms with E-state index < -0.39 is 6.61 Å². The highest BCUT2D eigenvalue weighted by Crippen LogP contribution is 2.36. The van der Waals surface area contributed by atoms with Gasteiger partial charge in [0.2, 0.25) is 5.91 Å². The summed E-state index contributed by atoms with van der Waals surface area (Å²) in [4.78, 5) is 36.8. The molecule has 0 radical (unpaired) electrons. The number of hydrogen-bond donors (Lipinski definition) is 4. The number of aliphatic hydroxyl groups excluding tert-OH is 1. The van der Waals surface area contributed by atoms with Gasteiger partial charge in [-0.05, 0) is 63.5 Å². The number of amides is 2. The average molecular weight is 496 g/mol. The Balaban J connectivity index is 1.36. The van der Waals surface area contributed by atoms with Crippen LogP contribution in [-0.2, 0) is 4.79 Å². The van der Waals surface area contributed by atoms with E-state index in [0.29, 0.717) is 51.8 Å². The molecule has 0 bridgehead atoms. The second-order valence-corrected chi connectivity index (χ2v) is 9.71. The Morgan fingerprint density at radius 2 is 1.83 bits per heavy atom. The lowest BCUT2D eigenvalue weighted by molar-refractivity contribution is -0.124. The van der Waals surface area contributed by atoms with Gasteiger partial charge < -0.3 is 25.5 Å². The number of aromatic amines is 1. The van der Waals surface area contributed by atoms with Crippen LogP contribution in [0.5, 0.6) is 5.75 Å². The minimum absolute atomic E-state index is 0.00923. The van der Waals surface area contributed by atoms with Crippen molar-refractivity contribution in [3.63, 3.8) is 0 Å². The second kappa shape index (κ2) is 10.2. The summed E-state index contributed by atoms with van der Waals surface area (Å²) in [6, 6.07) is 4.37. The molecule has 2 amide bonds. The number of carbonyl (C=O) groups excluding carboxylic acids is 2. The normalized spacial score (nSPS) is 19.8. The van der Waals surface area contributed by atoms with Crippen LogP contribution < -0.4 is 15.4 Å². The molecule has 0 spiro atoms. The number of aryl methyl sites for hydroxylation is 1. The summed E-state index contributed by atoms with van der Waals surface area (Å²) < 4.78 is 19.9. The molecule has 190 valence electrons. The molecule has 2 fully saturated rings. The SMILES string of the molecule is Cc1[nH]c2c(-c3ccc(F)cc3OCC3CC3)ncnc2c1C(=O)N[C@H]1CC[C@H](NC(=O)CO)CC1. The van der Waals surface area contributed by atoms with Crippen molar-refractivity contribution in [3.05, 3.63) is 41.6 Å². The highest BCUT2D eigenvalue weighted by Gasteiger charge is 2.27. The van der Waals surface area contributed by atoms with E-state index in [1.54, 1.807) is 6.07 Å². The highest BCUT2D eigenvalue weighted by atomic mass is 19.1. The summed E-state index contributed by atoms with van der Waals surface area (Å²) in [5.41, 5.74) is 3.39. The minimum atomic E-state index is -0.521. The third-order valence-electron chi connectivity index (χ3n) is 6.94. The van der Waals surface area contributed by atoms with Gasteiger partial charge in [0.05, 0.1) is 17.7 Å². The predicted molar refractivity (Wildman–Crippen MR) is 131 cm³/mol. The van der Waals surface area contributed by atoms with E-state index in [-0.39, 0.29) is 29.7 Å². The van der Waals surface area contributed by atoms with Gasteiger partial charge >= 0.3 is 0 Å². The lowest BCUT2D eigenvalue weighted by Crippen LogP contribution is -2.44. The molecular weight excluding hydrogens is 465 g/mol. The average Bonchev–Trinajstić information content (AvgIpc) is 3.63. The van der Waals surface area contributed by atoms with Crippen LogP contribution in [0.2, 0.25) is 0 Å². The number of hydrogen-bond acceptors (Lipinski definition) is 6. The number of H-pyrrole nitrogens is 1. The van der Waals surface area contributed by atoms with Gasteiger partial charge in [0.15, 0.2) is 0 Å². The number of nitrogens with one attached hydrogen (secondary N) is 3. The largest absolute Gasteiger partial charge is 0.492 e. The van der Waals surface area contributed by atoms with E-state index in [9.17, 15) is 14.0 Å². The van der Waals surface area contributed by atoms with Gasteiger partial charge in [-0.2, -0.15) is 0 Å². The van der Waals surface area contributed by atoms with Crippen molar-refractivity contribution >= 4 is 22.8 Å². The topological polar surface area (TPSA) is 129 Å². The summed E-state index contributed by atoms with van der Waals surface area (Å²) in [5.74, 6) is -0.0609. The van der Waals surface area contributed by atoms with E-state index in [1.807, 2.05) is 6.92 Å². The zero-order valence-corrected chi connectivity index (χ0v) is 20.1. The molecule has 4 N–H and O–H groups in total. The van der Waals surface area contributed by atoms with Crippen molar-refractivity contribution in [1.82, 2.24) is 25.6 Å². The summed E-state index contributed by atoms with van der Waals surface area (Å²) in [6.07, 6.45) is 6.55. The molecule has 0 atom stereocenters. The van der Waals surface area contributed by atoms with Gasteiger partial charge in [0.1, 0.15) is 35.7 Å². The molecular formula is C26H30FN5O4. The molecule has 10 heteroatoms. The Labute approximate surface area is 207 Å². The molecule has 2 heterocycles. The van der Waals surface area contributed by atoms with E-state index in [0.717, 1.165) is 38.5 Å². The monoisotopic (exact) mass is 495 g/mol. The Bertz CT molecular complexity index is 1280. The first-order chi connectivity index (χ1) is 17.4. The van der Waals surface area contributed by atoms with E-state index in [1.165, 1.54) is 18.5 Å². The van der Waals surface area contributed by atoms with E-state index in [2.05, 4.69) is 25.6 Å². The quantitative estimate of drug-likeness (QED) is 0.380. The lowest BCUT2D eigenvalue weighted by atomic mass is 9.91. The number of fused-ring (bicyclic) bond motifs is 1. The molecule has 2 aliphatic carbocycles. The van der Waals surface area contributed by atoms with Gasteiger partial charge in [0.25, 0.3) is 5.91 Å². The third-order valence-corrected chi connectivity index (χ3v) is 6.94. The van der Waals surface area contributed by atoms with Crippen LogP contribution >= 0.6 is 0 Å². The number of aliphatic hydroxyl groups is 1. The number of halogens is 1. The molecule has 2 aliphatic rings. The van der Waals surface area contributed by atoms with Crippen molar-refractivity contribution in [2.45, 2.75) is 57.5 Å². The fraction of sp³-hybridized carbons (Fsp3) is 0.462.